The number of thioether (sulfide) groups is 1. The van der Waals surface area contributed by atoms with Gasteiger partial charge in [-0.3, -0.25) is 0 Å². The molecule has 1 aliphatic heterocycles. The summed E-state index contributed by atoms with van der Waals surface area (Å²) in [6.45, 7) is 8.32. The van der Waals surface area contributed by atoms with Gasteiger partial charge in [-0.1, -0.05) is 45.7 Å². The van der Waals surface area contributed by atoms with Crippen LogP contribution in [0, 0.1) is 12.8 Å². The van der Waals surface area contributed by atoms with Gasteiger partial charge >= 0.3 is 0 Å². The summed E-state index contributed by atoms with van der Waals surface area (Å²) in [7, 11) is 4.24. The van der Waals surface area contributed by atoms with Crippen LogP contribution in [0.25, 0.3) is 0 Å². The minimum absolute atomic E-state index is 0.838. The molecule has 1 aliphatic rings. The molecular formula is C25H40N2S. The quantitative estimate of drug-likeness (QED) is 0.550. The molecule has 2 aromatic rings. The maximum atomic E-state index is 5.46. The summed E-state index contributed by atoms with van der Waals surface area (Å²) in [5.41, 5.74) is 10.4. The first-order valence-corrected chi connectivity index (χ1v) is 11.7. The van der Waals surface area contributed by atoms with Gasteiger partial charge in [0.15, 0.2) is 0 Å². The fourth-order valence-corrected chi connectivity index (χ4v) is 4.48. The molecule has 0 amide bonds. The molecule has 3 rings (SSSR count). The average Bonchev–Trinajstić information content (AvgIpc) is 2.90. The Morgan fingerprint density at radius 2 is 1.86 bits per heavy atom. The molecule has 1 unspecified atom stereocenters. The standard InChI is InChI=1S/C16H25NS.C7H9N.C2H6/c1-4-5-6-13-7-8-14-11-15(17(2)3)9-10-16(14)18-12-13;1-6-3-2-4-7(8)5-6;1-2/h9-11,13H,4-8,12H2,1-3H3;2-5H,8H2,1H3;1-2H3. The molecular weight excluding hydrogens is 360 g/mol. The Balaban J connectivity index is 0.000000327. The Labute approximate surface area is 177 Å². The second-order valence-corrected chi connectivity index (χ2v) is 8.52. The minimum atomic E-state index is 0.838. The number of nitrogen functional groups attached to an aromatic ring is 1. The Morgan fingerprint density at radius 1 is 1.11 bits per heavy atom. The summed E-state index contributed by atoms with van der Waals surface area (Å²) in [4.78, 5) is 3.71. The van der Waals surface area contributed by atoms with Crippen molar-refractivity contribution in [2.75, 3.05) is 30.5 Å². The maximum Gasteiger partial charge on any atom is 0.0364 e. The fourth-order valence-electron chi connectivity index (χ4n) is 3.22. The van der Waals surface area contributed by atoms with Gasteiger partial charge in [-0.25, -0.2) is 0 Å². The second-order valence-electron chi connectivity index (χ2n) is 7.46. The number of anilines is 2. The molecule has 2 nitrogen and oxygen atoms in total. The molecule has 0 aromatic heterocycles. The van der Waals surface area contributed by atoms with Crippen LogP contribution in [0.1, 0.15) is 57.6 Å². The predicted octanol–water partition coefficient (Wildman–Crippen LogP) is 7.20. The molecule has 2 N–H and O–H groups in total. The largest absolute Gasteiger partial charge is 0.399 e. The van der Waals surface area contributed by atoms with E-state index in [4.69, 9.17) is 5.73 Å². The Hall–Kier alpha value is -1.61. The van der Waals surface area contributed by atoms with Crippen LogP contribution in [0.2, 0.25) is 0 Å². The normalized spacial score (nSPS) is 15.1. The third kappa shape index (κ3) is 8.60. The summed E-state index contributed by atoms with van der Waals surface area (Å²) >= 11 is 2.07. The number of hydrogen-bond donors (Lipinski definition) is 1. The van der Waals surface area contributed by atoms with Gasteiger partial charge < -0.3 is 10.6 Å². The first kappa shape index (κ1) is 24.4. The molecule has 0 aliphatic carbocycles. The molecule has 28 heavy (non-hydrogen) atoms. The zero-order valence-corrected chi connectivity index (χ0v) is 19.6. The zero-order valence-electron chi connectivity index (χ0n) is 18.8. The highest BCUT2D eigenvalue weighted by Gasteiger charge is 2.16. The lowest BCUT2D eigenvalue weighted by atomic mass is 9.96. The number of benzene rings is 2. The van der Waals surface area contributed by atoms with Crippen LogP contribution in [0.5, 0.6) is 0 Å². The fraction of sp³-hybridized carbons (Fsp3) is 0.520. The highest BCUT2D eigenvalue weighted by Crippen LogP contribution is 2.35. The number of rotatable bonds is 4. The van der Waals surface area contributed by atoms with Gasteiger partial charge in [-0.15, -0.1) is 11.8 Å². The molecule has 0 saturated heterocycles. The number of aryl methyl sites for hydroxylation is 2. The molecule has 1 heterocycles. The van der Waals surface area contributed by atoms with Crippen LogP contribution in [-0.2, 0) is 6.42 Å². The minimum Gasteiger partial charge on any atom is -0.399 e. The average molecular weight is 401 g/mol. The van der Waals surface area contributed by atoms with Crippen molar-refractivity contribution in [1.29, 1.82) is 0 Å². The monoisotopic (exact) mass is 400 g/mol. The SMILES string of the molecule is CC.CCCCC1CCc2cc(N(C)C)ccc2SC1.Cc1cccc(N)c1. The number of nitrogens with zero attached hydrogens (tertiary/aromatic N) is 1. The van der Waals surface area contributed by atoms with Crippen LogP contribution in [0.4, 0.5) is 11.4 Å². The summed E-state index contributed by atoms with van der Waals surface area (Å²) < 4.78 is 0. The Bertz CT molecular complexity index is 665. The van der Waals surface area contributed by atoms with Crippen LogP contribution < -0.4 is 10.6 Å². The van der Waals surface area contributed by atoms with E-state index in [-0.39, 0.29) is 0 Å². The molecule has 156 valence electrons. The predicted molar refractivity (Wildman–Crippen MR) is 130 cm³/mol. The van der Waals surface area contributed by atoms with Gasteiger partial charge in [0.25, 0.3) is 0 Å². The molecule has 3 heteroatoms. The van der Waals surface area contributed by atoms with Gasteiger partial charge in [0, 0.05) is 36.1 Å². The van der Waals surface area contributed by atoms with Crippen molar-refractivity contribution < 1.29 is 0 Å². The molecule has 2 aromatic carbocycles. The van der Waals surface area contributed by atoms with E-state index in [2.05, 4.69) is 55.9 Å². The van der Waals surface area contributed by atoms with Crippen molar-refractivity contribution in [3.05, 3.63) is 53.6 Å². The lowest BCUT2D eigenvalue weighted by Gasteiger charge is -2.15. The van der Waals surface area contributed by atoms with Gasteiger partial charge in [0.2, 0.25) is 0 Å². The Kier molecular flexibility index (Phi) is 11.8. The topological polar surface area (TPSA) is 29.3 Å². The van der Waals surface area contributed by atoms with E-state index in [9.17, 15) is 0 Å². The third-order valence-electron chi connectivity index (χ3n) is 4.86. The molecule has 0 spiro atoms. The molecule has 0 radical (unpaired) electrons. The van der Waals surface area contributed by atoms with Crippen molar-refractivity contribution in [2.24, 2.45) is 5.92 Å². The van der Waals surface area contributed by atoms with Crippen molar-refractivity contribution in [3.8, 4) is 0 Å². The van der Waals surface area contributed by atoms with Crippen LogP contribution in [0.3, 0.4) is 0 Å². The molecule has 0 fully saturated rings. The van der Waals surface area contributed by atoms with Gasteiger partial charge in [0.1, 0.15) is 0 Å². The first-order chi connectivity index (χ1) is 13.5. The highest BCUT2D eigenvalue weighted by atomic mass is 32.2. The van der Waals surface area contributed by atoms with Crippen molar-refractivity contribution >= 4 is 23.1 Å². The highest BCUT2D eigenvalue weighted by molar-refractivity contribution is 7.99. The van der Waals surface area contributed by atoms with E-state index in [1.807, 2.05) is 45.0 Å². The summed E-state index contributed by atoms with van der Waals surface area (Å²) in [6.07, 6.45) is 6.77. The number of unbranched alkanes of at least 4 members (excludes halogenated alkanes) is 1. The first-order valence-electron chi connectivity index (χ1n) is 10.7. The van der Waals surface area contributed by atoms with E-state index >= 15 is 0 Å². The number of nitrogens with two attached hydrogens (primary N) is 1. The number of fused-ring (bicyclic) bond motifs is 1. The van der Waals surface area contributed by atoms with E-state index in [1.165, 1.54) is 54.0 Å². The third-order valence-corrected chi connectivity index (χ3v) is 6.21. The number of hydrogen-bond acceptors (Lipinski definition) is 3. The van der Waals surface area contributed by atoms with Crippen LogP contribution in [0.15, 0.2) is 47.4 Å². The van der Waals surface area contributed by atoms with E-state index in [1.54, 1.807) is 5.56 Å². The van der Waals surface area contributed by atoms with Crippen LogP contribution in [-0.4, -0.2) is 19.8 Å². The molecule has 0 bridgehead atoms. The van der Waals surface area contributed by atoms with Crippen molar-refractivity contribution in [2.45, 2.75) is 64.7 Å². The second kappa shape index (κ2) is 13.5. The van der Waals surface area contributed by atoms with E-state index < -0.39 is 0 Å². The van der Waals surface area contributed by atoms with Gasteiger partial charge in [-0.2, -0.15) is 0 Å². The van der Waals surface area contributed by atoms with Crippen LogP contribution >= 0.6 is 11.8 Å². The lowest BCUT2D eigenvalue weighted by Crippen LogP contribution is -2.09. The summed E-state index contributed by atoms with van der Waals surface area (Å²) in [5.74, 6) is 2.24. The lowest BCUT2D eigenvalue weighted by molar-refractivity contribution is 0.482. The maximum absolute atomic E-state index is 5.46. The smallest absolute Gasteiger partial charge is 0.0364 e. The van der Waals surface area contributed by atoms with Gasteiger partial charge in [-0.05, 0) is 73.6 Å². The van der Waals surface area contributed by atoms with E-state index in [0.717, 1.165) is 11.6 Å². The molecule has 0 saturated carbocycles. The van der Waals surface area contributed by atoms with E-state index in [0.29, 0.717) is 0 Å². The van der Waals surface area contributed by atoms with Crippen molar-refractivity contribution in [3.63, 3.8) is 0 Å². The zero-order chi connectivity index (χ0) is 20.9. The van der Waals surface area contributed by atoms with Crippen molar-refractivity contribution in [1.82, 2.24) is 0 Å². The van der Waals surface area contributed by atoms with Gasteiger partial charge in [0.05, 0.1) is 0 Å². The summed E-state index contributed by atoms with van der Waals surface area (Å²) in [6, 6.07) is 14.7. The Morgan fingerprint density at radius 3 is 2.43 bits per heavy atom. The molecule has 1 atom stereocenters. The summed E-state index contributed by atoms with van der Waals surface area (Å²) in [5, 5.41) is 0.